The van der Waals surface area contributed by atoms with Crippen LogP contribution in [-0.4, -0.2) is 87.2 Å². The first kappa shape index (κ1) is 31.5. The smallest absolute Gasteiger partial charge is 0.382 e. The fourth-order valence-electron chi connectivity index (χ4n) is 5.59. The van der Waals surface area contributed by atoms with Crippen LogP contribution in [0.15, 0.2) is 30.9 Å². The molecule has 19 nitrogen and oxygen atoms in total. The Morgan fingerprint density at radius 1 is 1.07 bits per heavy atom. The molecule has 242 valence electrons. The van der Waals surface area contributed by atoms with Gasteiger partial charge in [-0.1, -0.05) is 11.3 Å². The molecule has 7 atom stereocenters. The van der Waals surface area contributed by atoms with Gasteiger partial charge in [0.1, 0.15) is 29.6 Å². The summed E-state index contributed by atoms with van der Waals surface area (Å²) in [7, 11) is -9.56. The molecule has 0 spiro atoms. The molecule has 2 aliphatic rings. The predicted octanol–water partition coefficient (Wildman–Crippen LogP) is 0.998. The van der Waals surface area contributed by atoms with E-state index in [1.165, 1.54) is 23.4 Å². The molecule has 1 aromatic carbocycles. The van der Waals surface area contributed by atoms with Crippen LogP contribution in [0.2, 0.25) is 0 Å². The molecule has 1 unspecified atom stereocenters. The fourth-order valence-corrected chi connectivity index (χ4v) is 6.75. The van der Waals surface area contributed by atoms with E-state index >= 15 is 0 Å². The molecule has 6 rings (SSSR count). The highest BCUT2D eigenvalue weighted by Crippen LogP contribution is 2.52. The first-order chi connectivity index (χ1) is 21.3. The van der Waals surface area contributed by atoms with E-state index in [0.29, 0.717) is 23.1 Å². The molecule has 1 amide bonds. The number of rotatable bonds is 12. The molecule has 45 heavy (non-hydrogen) atoms. The topological polar surface area (TPSA) is 275 Å². The Balaban J connectivity index is 1.10. The standard InChI is InChI=1S/C23H28FN9O10P2/c24-14-5-18(33-15-3-1-2-12(22(26)34)19(15)30-31-33)43-17(14)8-42-45(38,39)41-7-13-11(6-40-44(35,36)37)4-16(13)32-10-29-20-21(25)27-9-28-23(20)32/h1-3,9-11,13-14,16-18H,4-8H2,(H2,26,34)(H,38,39)(H2,25,27,28)(H2,35,36,37)/t11-,13-,14+,16-,17-,18-/m1/s1. The van der Waals surface area contributed by atoms with E-state index in [-0.39, 0.29) is 29.9 Å². The SMILES string of the molecule is NC(=O)c1cccc2c1nnn2[C@H]1C[C@H](F)[C@@H](COP(=O)(O)OC[C@@H]2[C@@H](COP(=O)(O)O)C[C@H]2n2cnc3c(N)ncnc32)O1. The average Bonchev–Trinajstić information content (AvgIpc) is 3.68. The van der Waals surface area contributed by atoms with Crippen LogP contribution in [-0.2, 0) is 27.4 Å². The Labute approximate surface area is 252 Å². The van der Waals surface area contributed by atoms with Crippen LogP contribution >= 0.6 is 15.6 Å². The number of fused-ring (bicyclic) bond motifs is 2. The van der Waals surface area contributed by atoms with Crippen LogP contribution in [0.3, 0.4) is 0 Å². The highest BCUT2D eigenvalue weighted by Gasteiger charge is 2.46. The van der Waals surface area contributed by atoms with Gasteiger partial charge in [-0.15, -0.1) is 5.10 Å². The number of nitrogens with two attached hydrogens (primary N) is 2. The molecule has 0 radical (unpaired) electrons. The summed E-state index contributed by atoms with van der Waals surface area (Å²) in [5.41, 5.74) is 12.7. The Hall–Kier alpha value is -3.45. The third-order valence-electron chi connectivity index (χ3n) is 7.88. The molecule has 1 aliphatic heterocycles. The summed E-state index contributed by atoms with van der Waals surface area (Å²) in [6, 6.07) is 4.24. The number of imidazole rings is 1. The van der Waals surface area contributed by atoms with Crippen molar-refractivity contribution in [3.05, 3.63) is 36.4 Å². The lowest BCUT2D eigenvalue weighted by molar-refractivity contribution is -0.0432. The third-order valence-corrected chi connectivity index (χ3v) is 9.32. The van der Waals surface area contributed by atoms with Gasteiger partial charge in [0.15, 0.2) is 17.7 Å². The monoisotopic (exact) mass is 671 g/mol. The molecular weight excluding hydrogens is 643 g/mol. The zero-order valence-corrected chi connectivity index (χ0v) is 24.9. The van der Waals surface area contributed by atoms with Crippen LogP contribution in [0.4, 0.5) is 10.2 Å². The largest absolute Gasteiger partial charge is 0.472 e. The van der Waals surface area contributed by atoms with E-state index in [9.17, 15) is 23.2 Å². The molecule has 1 saturated carbocycles. The minimum Gasteiger partial charge on any atom is -0.382 e. The number of nitrogens with zero attached hydrogens (tertiary/aromatic N) is 7. The minimum absolute atomic E-state index is 0.134. The van der Waals surface area contributed by atoms with Gasteiger partial charge in [-0.05, 0) is 24.5 Å². The second-order valence-electron chi connectivity index (χ2n) is 10.6. The van der Waals surface area contributed by atoms with E-state index in [1.807, 2.05) is 0 Å². The molecule has 3 aromatic heterocycles. The summed E-state index contributed by atoms with van der Waals surface area (Å²) in [5, 5.41) is 7.92. The predicted molar refractivity (Wildman–Crippen MR) is 150 cm³/mol. The van der Waals surface area contributed by atoms with Crippen molar-refractivity contribution in [2.45, 2.75) is 37.4 Å². The minimum atomic E-state index is -4.78. The Bertz CT molecular complexity index is 1840. The van der Waals surface area contributed by atoms with Crippen molar-refractivity contribution in [2.75, 3.05) is 25.6 Å². The van der Waals surface area contributed by atoms with Crippen LogP contribution in [0.25, 0.3) is 22.2 Å². The van der Waals surface area contributed by atoms with E-state index in [1.54, 1.807) is 16.7 Å². The second kappa shape index (κ2) is 12.1. The zero-order valence-electron chi connectivity index (χ0n) is 23.1. The van der Waals surface area contributed by atoms with E-state index in [2.05, 4.69) is 29.8 Å². The highest BCUT2D eigenvalue weighted by atomic mass is 31.2. The van der Waals surface area contributed by atoms with Crippen molar-refractivity contribution in [3.63, 3.8) is 0 Å². The number of benzene rings is 1. The summed E-state index contributed by atoms with van der Waals surface area (Å²) >= 11 is 0. The maximum absolute atomic E-state index is 14.9. The Morgan fingerprint density at radius 3 is 2.60 bits per heavy atom. The van der Waals surface area contributed by atoms with Gasteiger partial charge in [0.25, 0.3) is 5.91 Å². The molecule has 4 aromatic rings. The number of phosphoric acid groups is 2. The van der Waals surface area contributed by atoms with E-state index < -0.39 is 71.1 Å². The number of halogens is 1. The molecular formula is C23H28FN9O10P2. The Kier molecular flexibility index (Phi) is 8.44. The number of primary amides is 1. The number of ether oxygens (including phenoxy) is 1. The number of nitrogen functional groups attached to an aromatic ring is 1. The van der Waals surface area contributed by atoms with Crippen LogP contribution in [0.1, 0.15) is 35.5 Å². The number of amides is 1. The summed E-state index contributed by atoms with van der Waals surface area (Å²) in [6.07, 6.45) is -0.940. The summed E-state index contributed by atoms with van der Waals surface area (Å²) in [6.45, 7) is -1.39. The van der Waals surface area contributed by atoms with Gasteiger partial charge >= 0.3 is 15.6 Å². The lowest BCUT2D eigenvalue weighted by atomic mass is 9.70. The molecule has 2 fully saturated rings. The van der Waals surface area contributed by atoms with Gasteiger partial charge < -0.3 is 35.5 Å². The summed E-state index contributed by atoms with van der Waals surface area (Å²) in [5.74, 6) is -1.64. The van der Waals surface area contributed by atoms with Crippen molar-refractivity contribution >= 4 is 49.6 Å². The number of hydrogen-bond donors (Lipinski definition) is 5. The van der Waals surface area contributed by atoms with Crippen molar-refractivity contribution in [2.24, 2.45) is 17.6 Å². The average molecular weight is 671 g/mol. The normalized spacial score (nSPS) is 26.7. The Morgan fingerprint density at radius 2 is 1.84 bits per heavy atom. The maximum atomic E-state index is 14.9. The van der Waals surface area contributed by atoms with Gasteiger partial charge in [-0.3, -0.25) is 18.4 Å². The van der Waals surface area contributed by atoms with Crippen LogP contribution in [0.5, 0.6) is 0 Å². The second-order valence-corrected chi connectivity index (χ2v) is 13.3. The summed E-state index contributed by atoms with van der Waals surface area (Å²) < 4.78 is 62.7. The first-order valence-electron chi connectivity index (χ1n) is 13.5. The summed E-state index contributed by atoms with van der Waals surface area (Å²) in [4.78, 5) is 52.7. The molecule has 0 bridgehead atoms. The number of carbonyl (C=O) groups is 1. The fraction of sp³-hybridized carbons (Fsp3) is 0.478. The molecule has 1 aliphatic carbocycles. The number of hydrogen-bond acceptors (Lipinski definition) is 13. The van der Waals surface area contributed by atoms with Gasteiger partial charge in [-0.2, -0.15) is 0 Å². The van der Waals surface area contributed by atoms with E-state index in [0.717, 1.165) is 0 Å². The van der Waals surface area contributed by atoms with Crippen LogP contribution < -0.4 is 11.5 Å². The van der Waals surface area contributed by atoms with Crippen molar-refractivity contribution in [1.29, 1.82) is 0 Å². The van der Waals surface area contributed by atoms with E-state index in [4.69, 9.17) is 35.0 Å². The number of phosphoric ester groups is 2. The molecule has 7 N–H and O–H groups in total. The highest BCUT2D eigenvalue weighted by molar-refractivity contribution is 7.47. The maximum Gasteiger partial charge on any atom is 0.472 e. The van der Waals surface area contributed by atoms with Gasteiger partial charge in [0, 0.05) is 18.4 Å². The van der Waals surface area contributed by atoms with Gasteiger partial charge in [0.05, 0.1) is 37.2 Å². The van der Waals surface area contributed by atoms with Crippen molar-refractivity contribution < 1.29 is 51.3 Å². The van der Waals surface area contributed by atoms with Crippen molar-refractivity contribution in [1.82, 2.24) is 34.5 Å². The van der Waals surface area contributed by atoms with Crippen molar-refractivity contribution in [3.8, 4) is 0 Å². The van der Waals surface area contributed by atoms with Gasteiger partial charge in [0.2, 0.25) is 0 Å². The third kappa shape index (κ3) is 6.46. The number of alkyl halides is 1. The molecule has 22 heteroatoms. The molecule has 4 heterocycles. The first-order valence-corrected chi connectivity index (χ1v) is 16.5. The number of aromatic nitrogens is 7. The number of anilines is 1. The zero-order chi connectivity index (χ0) is 32.1. The number of carbonyl (C=O) groups excluding carboxylic acids is 1. The quantitative estimate of drug-likeness (QED) is 0.131. The van der Waals surface area contributed by atoms with Gasteiger partial charge in [-0.25, -0.2) is 33.2 Å². The molecule has 1 saturated heterocycles. The van der Waals surface area contributed by atoms with Crippen LogP contribution in [0, 0.1) is 11.8 Å². The lowest BCUT2D eigenvalue weighted by Crippen LogP contribution is -2.43. The lowest BCUT2D eigenvalue weighted by Gasteiger charge is -2.45.